The number of sulfonamides is 1. The number of hydrogen-bond donors (Lipinski definition) is 1. The summed E-state index contributed by atoms with van der Waals surface area (Å²) in [7, 11) is -3.61. The second-order valence-corrected chi connectivity index (χ2v) is 11.4. The van der Waals surface area contributed by atoms with Gasteiger partial charge >= 0.3 is 0 Å². The maximum absolute atomic E-state index is 13.5. The third-order valence-corrected chi connectivity index (χ3v) is 7.57. The van der Waals surface area contributed by atoms with E-state index < -0.39 is 16.1 Å². The highest BCUT2D eigenvalue weighted by atomic mass is 32.2. The number of benzene rings is 2. The third kappa shape index (κ3) is 7.86. The van der Waals surface area contributed by atoms with Crippen LogP contribution in [-0.2, 0) is 26.2 Å². The lowest BCUT2D eigenvalue weighted by Gasteiger charge is -2.31. The van der Waals surface area contributed by atoms with Gasteiger partial charge in [-0.15, -0.1) is 0 Å². The molecule has 0 bridgehead atoms. The van der Waals surface area contributed by atoms with Crippen LogP contribution in [0.15, 0.2) is 42.5 Å². The first kappa shape index (κ1) is 29.3. The first-order valence-corrected chi connectivity index (χ1v) is 15.0. The van der Waals surface area contributed by atoms with Crippen LogP contribution >= 0.6 is 0 Å². The summed E-state index contributed by atoms with van der Waals surface area (Å²) in [5.41, 5.74) is 2.49. The van der Waals surface area contributed by atoms with Crippen LogP contribution in [-0.4, -0.2) is 63.7 Å². The van der Waals surface area contributed by atoms with Crippen molar-refractivity contribution in [2.45, 2.75) is 59.0 Å². The Balaban J connectivity index is 1.75. The van der Waals surface area contributed by atoms with Gasteiger partial charge in [0.2, 0.25) is 21.8 Å². The van der Waals surface area contributed by atoms with Gasteiger partial charge < -0.3 is 19.7 Å². The molecule has 2 aromatic rings. The number of amides is 2. The minimum atomic E-state index is -3.61. The van der Waals surface area contributed by atoms with Crippen molar-refractivity contribution in [1.29, 1.82) is 0 Å². The van der Waals surface area contributed by atoms with Crippen LogP contribution in [0.4, 0.5) is 5.69 Å². The van der Waals surface area contributed by atoms with Gasteiger partial charge in [0.25, 0.3) is 0 Å². The Labute approximate surface area is 226 Å². The SMILES string of the molecule is CCCNC(=O)[C@H](CC)N(Cc1ccc(C)cc1)C(=O)CCCN(c1ccc2c(c1)OCCO2)S(C)(=O)=O. The van der Waals surface area contributed by atoms with Gasteiger partial charge in [-0.3, -0.25) is 13.9 Å². The summed E-state index contributed by atoms with van der Waals surface area (Å²) in [6.45, 7) is 7.65. The zero-order valence-corrected chi connectivity index (χ0v) is 23.6. The number of carbonyl (C=O) groups excluding carboxylic acids is 2. The molecule has 0 fully saturated rings. The van der Waals surface area contributed by atoms with Gasteiger partial charge in [-0.05, 0) is 43.9 Å². The Hall–Kier alpha value is -3.27. The summed E-state index contributed by atoms with van der Waals surface area (Å²) >= 11 is 0. The fourth-order valence-corrected chi connectivity index (χ4v) is 5.32. The molecule has 0 radical (unpaired) electrons. The first-order valence-electron chi connectivity index (χ1n) is 13.1. The minimum absolute atomic E-state index is 0.0972. The molecule has 0 saturated carbocycles. The minimum Gasteiger partial charge on any atom is -0.486 e. The van der Waals surface area contributed by atoms with Crippen molar-refractivity contribution >= 4 is 27.5 Å². The van der Waals surface area contributed by atoms with E-state index in [2.05, 4.69) is 5.32 Å². The molecular formula is C28H39N3O6S. The van der Waals surface area contributed by atoms with Crippen molar-refractivity contribution in [3.05, 3.63) is 53.6 Å². The molecule has 1 aliphatic rings. The fraction of sp³-hybridized carbons (Fsp3) is 0.500. The monoisotopic (exact) mass is 545 g/mol. The van der Waals surface area contributed by atoms with Gasteiger partial charge in [-0.25, -0.2) is 8.42 Å². The van der Waals surface area contributed by atoms with E-state index in [1.807, 2.05) is 45.0 Å². The average Bonchev–Trinajstić information content (AvgIpc) is 2.89. The normalized spacial score (nSPS) is 13.5. The highest BCUT2D eigenvalue weighted by Crippen LogP contribution is 2.34. The number of rotatable bonds is 13. The molecule has 0 saturated heterocycles. The predicted molar refractivity (Wildman–Crippen MR) is 148 cm³/mol. The van der Waals surface area contributed by atoms with Gasteiger partial charge in [-0.1, -0.05) is 43.7 Å². The van der Waals surface area contributed by atoms with Crippen molar-refractivity contribution < 1.29 is 27.5 Å². The van der Waals surface area contributed by atoms with E-state index in [4.69, 9.17) is 9.47 Å². The van der Waals surface area contributed by atoms with Gasteiger partial charge in [0.15, 0.2) is 11.5 Å². The van der Waals surface area contributed by atoms with E-state index in [-0.39, 0.29) is 31.2 Å². The number of nitrogens with one attached hydrogen (secondary N) is 1. The van der Waals surface area contributed by atoms with Crippen LogP contribution in [0.25, 0.3) is 0 Å². The lowest BCUT2D eigenvalue weighted by Crippen LogP contribution is -2.49. The van der Waals surface area contributed by atoms with E-state index in [9.17, 15) is 18.0 Å². The van der Waals surface area contributed by atoms with Crippen molar-refractivity contribution in [2.75, 3.05) is 36.9 Å². The second kappa shape index (κ2) is 13.5. The molecule has 2 aromatic carbocycles. The average molecular weight is 546 g/mol. The van der Waals surface area contributed by atoms with E-state index in [0.29, 0.717) is 49.9 Å². The molecule has 1 N–H and O–H groups in total. The van der Waals surface area contributed by atoms with Crippen LogP contribution in [0.5, 0.6) is 11.5 Å². The van der Waals surface area contributed by atoms with E-state index >= 15 is 0 Å². The number of nitrogens with zero attached hydrogens (tertiary/aromatic N) is 2. The Morgan fingerprint density at radius 2 is 1.71 bits per heavy atom. The van der Waals surface area contributed by atoms with E-state index in [0.717, 1.165) is 23.8 Å². The van der Waals surface area contributed by atoms with Crippen LogP contribution in [0.2, 0.25) is 0 Å². The number of hydrogen-bond acceptors (Lipinski definition) is 6. The molecule has 0 aromatic heterocycles. The molecule has 10 heteroatoms. The standard InChI is InChI=1S/C28H39N3O6S/c1-5-15-29-28(33)24(6-2)30(20-22-11-9-21(3)10-12-22)27(32)8-7-16-31(38(4,34)35)23-13-14-25-26(19-23)37-18-17-36-25/h9-14,19,24H,5-8,15-18,20H2,1-4H3,(H,29,33)/t24-/m0/s1. The number of aryl methyl sites for hydroxylation is 1. The summed E-state index contributed by atoms with van der Waals surface area (Å²) in [4.78, 5) is 28.0. The summed E-state index contributed by atoms with van der Waals surface area (Å²) in [5.74, 6) is 0.692. The van der Waals surface area contributed by atoms with Gasteiger partial charge in [0, 0.05) is 32.1 Å². The maximum Gasteiger partial charge on any atom is 0.242 e. The van der Waals surface area contributed by atoms with Crippen LogP contribution in [0, 0.1) is 6.92 Å². The fourth-order valence-electron chi connectivity index (χ4n) is 4.37. The molecule has 2 amide bonds. The molecule has 3 rings (SSSR count). The topological polar surface area (TPSA) is 105 Å². The number of anilines is 1. The lowest BCUT2D eigenvalue weighted by molar-refractivity contribution is -0.141. The van der Waals surface area contributed by atoms with Crippen molar-refractivity contribution in [1.82, 2.24) is 10.2 Å². The highest BCUT2D eigenvalue weighted by molar-refractivity contribution is 7.92. The zero-order valence-electron chi connectivity index (χ0n) is 22.7. The number of fused-ring (bicyclic) bond motifs is 1. The molecule has 9 nitrogen and oxygen atoms in total. The molecule has 1 heterocycles. The van der Waals surface area contributed by atoms with Crippen LogP contribution in [0.1, 0.15) is 50.7 Å². The summed E-state index contributed by atoms with van der Waals surface area (Å²) < 4.78 is 37.7. The van der Waals surface area contributed by atoms with Crippen LogP contribution < -0.4 is 19.1 Å². The molecule has 0 aliphatic carbocycles. The summed E-state index contributed by atoms with van der Waals surface area (Å²) in [5, 5.41) is 2.91. The maximum atomic E-state index is 13.5. The Bertz CT molecular complexity index is 1200. The quantitative estimate of drug-likeness (QED) is 0.412. The third-order valence-electron chi connectivity index (χ3n) is 6.37. The van der Waals surface area contributed by atoms with Crippen molar-refractivity contribution in [3.8, 4) is 11.5 Å². The first-order chi connectivity index (χ1) is 18.1. The zero-order chi connectivity index (χ0) is 27.7. The number of carbonyl (C=O) groups is 2. The molecular weight excluding hydrogens is 506 g/mol. The Morgan fingerprint density at radius 3 is 2.34 bits per heavy atom. The highest BCUT2D eigenvalue weighted by Gasteiger charge is 2.29. The summed E-state index contributed by atoms with van der Waals surface area (Å²) in [6, 6.07) is 12.3. The molecule has 1 atom stereocenters. The predicted octanol–water partition coefficient (Wildman–Crippen LogP) is 3.65. The van der Waals surface area contributed by atoms with Crippen molar-refractivity contribution in [3.63, 3.8) is 0 Å². The van der Waals surface area contributed by atoms with Crippen molar-refractivity contribution in [2.24, 2.45) is 0 Å². The van der Waals surface area contributed by atoms with Gasteiger partial charge in [0.1, 0.15) is 19.3 Å². The molecule has 1 aliphatic heterocycles. The molecule has 0 unspecified atom stereocenters. The smallest absolute Gasteiger partial charge is 0.242 e. The molecule has 208 valence electrons. The Morgan fingerprint density at radius 1 is 1.03 bits per heavy atom. The Kier molecular flexibility index (Phi) is 10.4. The second-order valence-electron chi connectivity index (χ2n) is 9.49. The van der Waals surface area contributed by atoms with Gasteiger partial charge in [-0.2, -0.15) is 0 Å². The summed E-state index contributed by atoms with van der Waals surface area (Å²) in [6.07, 6.45) is 2.80. The van der Waals surface area contributed by atoms with Gasteiger partial charge in [0.05, 0.1) is 11.9 Å². The lowest BCUT2D eigenvalue weighted by atomic mass is 10.1. The van der Waals surface area contributed by atoms with E-state index in [1.54, 1.807) is 23.1 Å². The number of ether oxygens (including phenoxy) is 2. The van der Waals surface area contributed by atoms with Crippen LogP contribution in [0.3, 0.4) is 0 Å². The largest absolute Gasteiger partial charge is 0.486 e. The van der Waals surface area contributed by atoms with E-state index in [1.165, 1.54) is 4.31 Å². The molecule has 38 heavy (non-hydrogen) atoms. The molecule has 0 spiro atoms.